The van der Waals surface area contributed by atoms with Crippen LogP contribution in [0.1, 0.15) is 175 Å². The molecule has 12 aromatic rings. The summed E-state index contributed by atoms with van der Waals surface area (Å²) in [6.07, 6.45) is 6.14. The fourth-order valence-corrected chi connectivity index (χ4v) is 21.9. The predicted octanol–water partition coefficient (Wildman–Crippen LogP) is 15.2. The number of carbonyl (C=O) groups is 4. The van der Waals surface area contributed by atoms with Crippen LogP contribution in [0.25, 0.3) is 45.2 Å². The molecule has 1 aliphatic carbocycles. The molecule has 4 saturated heterocycles. The summed E-state index contributed by atoms with van der Waals surface area (Å²) in [6.45, 7) is 22.1. The van der Waals surface area contributed by atoms with Gasteiger partial charge in [-0.05, 0) is 265 Å². The number of methoxy groups -OCH3 is 1. The van der Waals surface area contributed by atoms with Crippen LogP contribution in [0.5, 0.6) is 23.3 Å². The largest absolute Gasteiger partial charge is 0.493 e. The van der Waals surface area contributed by atoms with E-state index < -0.39 is 103 Å². The fourth-order valence-electron chi connectivity index (χ4n) is 17.8. The van der Waals surface area contributed by atoms with Gasteiger partial charge in [-0.3, -0.25) is 24.0 Å². The average molecular weight is 2150 g/mol. The van der Waals surface area contributed by atoms with Gasteiger partial charge in [-0.15, -0.1) is 0 Å². The molecule has 1 unspecified atom stereocenters. The lowest BCUT2D eigenvalue weighted by Gasteiger charge is -2.38. The van der Waals surface area contributed by atoms with E-state index >= 15 is 0 Å². The van der Waals surface area contributed by atoms with Crippen LogP contribution < -0.4 is 80.2 Å². The summed E-state index contributed by atoms with van der Waals surface area (Å²) in [7, 11) is -15.9. The first-order chi connectivity index (χ1) is 70.5. The maximum absolute atomic E-state index is 14.5. The number of nitrogens with two attached hydrogens (primary N) is 3. The van der Waals surface area contributed by atoms with Crippen molar-refractivity contribution in [3.8, 4) is 68.4 Å². The number of amides is 4. The van der Waals surface area contributed by atoms with Crippen molar-refractivity contribution in [1.29, 1.82) is 0 Å². The SMILES string of the molecule is CC(C)COc1cc(F)cc(-c2ccc(C(=O)NS(=O)(=O)c3cccc(N)n3)c(N3CCC(C(F)(F)F)C3(C)C)n2)c1.CCOc1cc(-c2ccc(C(=O)NS(=O)(=O)c3cccc(N)n3)c(N3[C@H](C)CC[C@@H]3C)n2)ccc1Cl.COc1cccc(-c2ccc(C(=O)NS(=O)(=O)c3ccc[nH]c3=O)c(N3[C@H](C)CC[C@@H]3C)n2)n1.C[C@@H]1CC[C@H](C)N1c1nc(-c2ccc(OCC3CC3)nc2)ccc1C(=O)NS(=O)(=O)c1cccc(N)n1. The third-order valence-electron chi connectivity index (χ3n) is 25.6. The topological polar surface area (TPSA) is 530 Å². The van der Waals surface area contributed by atoms with E-state index in [-0.39, 0.29) is 128 Å². The molecule has 38 nitrogen and oxygen atoms in total. The van der Waals surface area contributed by atoms with E-state index in [0.717, 1.165) is 61.8 Å². The number of aromatic nitrogens is 10. The summed E-state index contributed by atoms with van der Waals surface area (Å²) in [6, 6.07) is 45.9. The lowest BCUT2D eigenvalue weighted by atomic mass is 9.87. The van der Waals surface area contributed by atoms with Crippen LogP contribution in [0.2, 0.25) is 5.02 Å². The number of nitrogen functional groups attached to an aromatic ring is 3. The summed E-state index contributed by atoms with van der Waals surface area (Å²) in [5.74, 6) is -2.46. The van der Waals surface area contributed by atoms with Gasteiger partial charge in [0.25, 0.3) is 69.3 Å². The molecule has 788 valence electrons. The van der Waals surface area contributed by atoms with E-state index in [0.29, 0.717) is 88.5 Å². The van der Waals surface area contributed by atoms with Crippen LogP contribution in [0, 0.1) is 23.6 Å². The first-order valence-electron chi connectivity index (χ1n) is 47.9. The second-order valence-electron chi connectivity index (χ2n) is 37.5. The number of benzene rings is 2. The number of nitrogens with one attached hydrogen (secondary N) is 5. The Morgan fingerprint density at radius 3 is 1.34 bits per heavy atom. The molecular weight excluding hydrogens is 2030 g/mol. The number of aromatic amines is 1. The molecule has 7 atom stereocenters. The Balaban J connectivity index is 0.000000157. The Morgan fingerprint density at radius 1 is 0.477 bits per heavy atom. The van der Waals surface area contributed by atoms with E-state index in [1.165, 1.54) is 136 Å². The molecule has 2 aromatic carbocycles. The predicted molar refractivity (Wildman–Crippen MR) is 555 cm³/mol. The molecule has 5 aliphatic rings. The van der Waals surface area contributed by atoms with E-state index in [9.17, 15) is 75.2 Å². The number of pyridine rings is 10. The molecule has 17 rings (SSSR count). The zero-order chi connectivity index (χ0) is 108. The van der Waals surface area contributed by atoms with Gasteiger partial charge in [0.1, 0.15) is 58.0 Å². The van der Waals surface area contributed by atoms with Crippen molar-refractivity contribution >= 4 is 116 Å². The van der Waals surface area contributed by atoms with Gasteiger partial charge >= 0.3 is 6.18 Å². The van der Waals surface area contributed by atoms with E-state index in [4.69, 9.17) is 62.7 Å². The Kier molecular flexibility index (Phi) is 33.9. The number of rotatable bonds is 29. The molecule has 4 amide bonds. The third kappa shape index (κ3) is 26.3. The number of hydrogen-bond acceptors (Lipinski definition) is 33. The van der Waals surface area contributed by atoms with Crippen molar-refractivity contribution < 1.29 is 89.4 Å². The number of H-pyrrole nitrogens is 1. The highest BCUT2D eigenvalue weighted by atomic mass is 35.5. The molecule has 1 saturated carbocycles. The maximum atomic E-state index is 14.5. The van der Waals surface area contributed by atoms with Gasteiger partial charge in [-0.1, -0.05) is 55.8 Å². The Morgan fingerprint density at radius 2 is 0.906 bits per heavy atom. The van der Waals surface area contributed by atoms with Crippen LogP contribution in [-0.2, 0) is 40.1 Å². The highest BCUT2D eigenvalue weighted by molar-refractivity contribution is 7.91. The van der Waals surface area contributed by atoms with Crippen LogP contribution >= 0.6 is 11.6 Å². The minimum absolute atomic E-state index is 0.0335. The minimum atomic E-state index is -4.54. The molecular formula is C102H114ClF4N21O17S4. The van der Waals surface area contributed by atoms with Gasteiger partial charge < -0.3 is 60.7 Å². The number of anilines is 7. The quantitative estimate of drug-likeness (QED) is 0.0202. The lowest BCUT2D eigenvalue weighted by molar-refractivity contribution is -0.183. The Labute approximate surface area is 864 Å². The van der Waals surface area contributed by atoms with Crippen LogP contribution in [0.15, 0.2) is 219 Å². The summed E-state index contributed by atoms with van der Waals surface area (Å²) in [5, 5.41) is -0.701. The zero-order valence-corrected chi connectivity index (χ0v) is 87.4. The number of ether oxygens (including phenoxy) is 4. The number of nitrogens with zero attached hydrogens (tertiary/aromatic N) is 13. The summed E-state index contributed by atoms with van der Waals surface area (Å²) < 4.78 is 189. The van der Waals surface area contributed by atoms with Crippen LogP contribution in [-0.4, -0.2) is 189 Å². The number of sulfonamides is 4. The molecule has 47 heteroatoms. The van der Waals surface area contributed by atoms with Crippen molar-refractivity contribution in [3.63, 3.8) is 0 Å². The van der Waals surface area contributed by atoms with Gasteiger partial charge in [0.2, 0.25) is 11.8 Å². The number of hydrogen-bond donors (Lipinski definition) is 8. The Hall–Kier alpha value is -14.8. The highest BCUT2D eigenvalue weighted by Gasteiger charge is 2.56. The number of alkyl halides is 3. The molecule has 0 spiro atoms. The van der Waals surface area contributed by atoms with Gasteiger partial charge in [-0.2, -0.15) is 38.4 Å². The van der Waals surface area contributed by atoms with Crippen LogP contribution in [0.4, 0.5) is 58.3 Å². The molecule has 0 bridgehead atoms. The normalized spacial score (nSPS) is 18.0. The van der Waals surface area contributed by atoms with Crippen molar-refractivity contribution in [2.45, 2.75) is 202 Å². The molecule has 14 heterocycles. The smallest absolute Gasteiger partial charge is 0.394 e. The highest BCUT2D eigenvalue weighted by Crippen LogP contribution is 2.48. The van der Waals surface area contributed by atoms with Crippen LogP contribution in [0.3, 0.4) is 0 Å². The monoisotopic (exact) mass is 2140 g/mol. The molecule has 11 N–H and O–H groups in total. The van der Waals surface area contributed by atoms with Crippen molar-refractivity contribution in [2.75, 3.05) is 70.3 Å². The zero-order valence-electron chi connectivity index (χ0n) is 83.4. The van der Waals surface area contributed by atoms with Crippen molar-refractivity contribution in [2.24, 2.45) is 17.8 Å². The van der Waals surface area contributed by atoms with E-state index in [1.54, 1.807) is 66.9 Å². The first-order valence-corrected chi connectivity index (χ1v) is 54.2. The van der Waals surface area contributed by atoms with Gasteiger partial charge in [0.05, 0.1) is 88.6 Å². The standard InChI is InChI=1S/C28H31F4N5O4S.C26H30N6O4S.C25H28ClN5O4S.C23H25N5O5S/c1-16(2)15-41-19-13-17(12-18(29)14-19)21-9-8-20(26(38)36-42(39,40)24-7-5-6-23(33)35-24)25(34-21)37-11-10-22(27(37,3)4)28(30,31)32;1-16-6-7-17(2)32(16)25-20(26(33)31-37(34,35)24-5-3-4-22(27)30-24)11-12-21(29-25)19-10-13-23(28-14-19)36-15-18-8-9-18;1-4-35-21-14-17(10-12-19(21)26)20-13-11-18(24(28-20)31-15(2)8-9-16(31)3)25(32)30-36(33,34)23-7-5-6-22(27)29-23;1-14-9-10-15(2)28(14)21-16(11-12-18(26-21)17-6-4-8-20(25-17)33-3)22(29)27-34(31,32)19-7-5-13-24-23(19)30/h5-9,12-14,16,22H,10-11,15H2,1-4H3,(H2,33,35)(H,36,38);3-5,10-14,16-18H,6-9,15H2,1-2H3,(H2,27,30)(H,31,33);5-7,10-16H,4,8-9H2,1-3H3,(H2,27,29)(H,30,32);4-8,11-15H,9-10H2,1-3H3,(H,24,30)(H,27,29)/t;16-,17+;15-,16+;14-,15+. The van der Waals surface area contributed by atoms with E-state index in [1.807, 2.05) is 67.2 Å². The molecule has 149 heavy (non-hydrogen) atoms. The van der Waals surface area contributed by atoms with Crippen molar-refractivity contribution in [3.05, 3.63) is 238 Å². The summed E-state index contributed by atoms with van der Waals surface area (Å²) in [4.78, 5) is 113. The first kappa shape index (κ1) is 110. The second-order valence-corrected chi connectivity index (χ2v) is 44.4. The lowest BCUT2D eigenvalue weighted by Crippen LogP contribution is -2.48. The number of halogens is 5. The maximum Gasteiger partial charge on any atom is 0.394 e. The number of carbonyl (C=O) groups excluding carboxylic acids is 4. The molecule has 0 radical (unpaired) electrons. The van der Waals surface area contributed by atoms with Gasteiger partial charge in [0, 0.05) is 95.6 Å². The van der Waals surface area contributed by atoms with E-state index in [2.05, 4.69) is 81.8 Å². The third-order valence-corrected chi connectivity index (χ3v) is 31.0. The average Bonchev–Trinajstić information content (AvgIpc) is 1.60. The summed E-state index contributed by atoms with van der Waals surface area (Å²) in [5.41, 5.74) is 18.8. The van der Waals surface area contributed by atoms with Gasteiger partial charge in [0.15, 0.2) is 20.0 Å². The molecule has 4 aliphatic heterocycles. The minimum Gasteiger partial charge on any atom is -0.493 e. The molecule has 10 aromatic heterocycles. The van der Waals surface area contributed by atoms with Gasteiger partial charge in [-0.25, -0.2) is 76.6 Å². The second kappa shape index (κ2) is 45.9. The Bertz CT molecular complexity index is 7530. The molecule has 5 fully saturated rings. The fraction of sp³-hybridized carbons (Fsp3) is 0.353. The van der Waals surface area contributed by atoms with Crippen molar-refractivity contribution in [1.82, 2.24) is 68.7 Å². The summed E-state index contributed by atoms with van der Waals surface area (Å²) >= 11 is 6.25.